The van der Waals surface area contributed by atoms with Crippen molar-refractivity contribution in [1.82, 2.24) is 0 Å². The lowest BCUT2D eigenvalue weighted by atomic mass is 9.80. The molecule has 0 aliphatic carbocycles. The maximum absolute atomic E-state index is 12.5. The summed E-state index contributed by atoms with van der Waals surface area (Å²) < 4.78 is 25.7. The lowest BCUT2D eigenvalue weighted by Gasteiger charge is -2.21. The predicted molar refractivity (Wildman–Crippen MR) is 92.1 cm³/mol. The number of carbonyl (C=O) groups is 2. The molecule has 1 spiro atoms. The minimum atomic E-state index is -1.75. The van der Waals surface area contributed by atoms with Gasteiger partial charge in [0.1, 0.15) is 28.9 Å². The van der Waals surface area contributed by atoms with Gasteiger partial charge < -0.3 is 28.5 Å². The molecule has 28 heavy (non-hydrogen) atoms. The van der Waals surface area contributed by atoms with Crippen molar-refractivity contribution in [3.05, 3.63) is 17.7 Å². The summed E-state index contributed by atoms with van der Waals surface area (Å²) in [7, 11) is 5.52. The summed E-state index contributed by atoms with van der Waals surface area (Å²) in [6, 6.07) is 5.21. The number of hydrogen-bond donors (Lipinski definition) is 0. The molecule has 0 saturated carbocycles. The normalized spacial score (nSPS) is 25.4. The molecule has 148 valence electrons. The van der Waals surface area contributed by atoms with Crippen molar-refractivity contribution in [3.8, 4) is 23.3 Å². The van der Waals surface area contributed by atoms with E-state index in [0.29, 0.717) is 22.8 Å². The minimum Gasteiger partial charge on any atom is -0.496 e. The van der Waals surface area contributed by atoms with Crippen molar-refractivity contribution in [1.29, 1.82) is 5.26 Å². The van der Waals surface area contributed by atoms with Gasteiger partial charge in [0.25, 0.3) is 5.60 Å². The molecule has 10 heteroatoms. The maximum Gasteiger partial charge on any atom is 0.356 e. The van der Waals surface area contributed by atoms with Crippen LogP contribution < -0.4 is 14.2 Å². The fraction of sp³-hybridized carbons (Fsp3) is 0.444. The molecule has 1 saturated heterocycles. The number of esters is 2. The molecule has 3 rings (SSSR count). The number of carbonyl (C=O) groups excluding carboxylic acids is 2. The van der Waals surface area contributed by atoms with Gasteiger partial charge in [0, 0.05) is 12.1 Å². The molecular weight excluding hydrogens is 372 g/mol. The van der Waals surface area contributed by atoms with Crippen LogP contribution in [0.25, 0.3) is 0 Å². The van der Waals surface area contributed by atoms with Crippen LogP contribution in [-0.4, -0.2) is 57.8 Å². The number of nitriles is 1. The number of rotatable bonds is 5. The Hall–Kier alpha value is -3.48. The van der Waals surface area contributed by atoms with Gasteiger partial charge in [0.2, 0.25) is 6.10 Å². The molecule has 0 unspecified atom stereocenters. The molecule has 1 aromatic carbocycles. The van der Waals surface area contributed by atoms with Crippen LogP contribution in [0.1, 0.15) is 12.0 Å². The van der Waals surface area contributed by atoms with E-state index in [1.807, 2.05) is 6.07 Å². The lowest BCUT2D eigenvalue weighted by Crippen LogP contribution is -2.43. The molecule has 0 bridgehead atoms. The zero-order valence-corrected chi connectivity index (χ0v) is 15.7. The van der Waals surface area contributed by atoms with E-state index in [-0.39, 0.29) is 12.1 Å². The number of ether oxygens (including phenoxy) is 5. The third-order valence-corrected chi connectivity index (χ3v) is 4.69. The Morgan fingerprint density at radius 2 is 1.86 bits per heavy atom. The van der Waals surface area contributed by atoms with Crippen LogP contribution in [0.4, 0.5) is 0 Å². The first-order valence-electron chi connectivity index (χ1n) is 8.20. The first-order chi connectivity index (χ1) is 13.4. The smallest absolute Gasteiger partial charge is 0.356 e. The van der Waals surface area contributed by atoms with Gasteiger partial charge in [0.05, 0.1) is 46.5 Å². The summed E-state index contributed by atoms with van der Waals surface area (Å²) in [6.07, 6.45) is -1.38. The van der Waals surface area contributed by atoms with Gasteiger partial charge in [0.15, 0.2) is 0 Å². The molecule has 10 nitrogen and oxygen atoms in total. The van der Waals surface area contributed by atoms with Gasteiger partial charge in [-0.25, -0.2) is 9.59 Å². The van der Waals surface area contributed by atoms with E-state index < -0.39 is 29.6 Å². The minimum absolute atomic E-state index is 0.126. The maximum atomic E-state index is 12.5. The first-order valence-corrected chi connectivity index (χ1v) is 8.20. The van der Waals surface area contributed by atoms with E-state index in [9.17, 15) is 14.9 Å². The number of hydrogen-bond acceptors (Lipinski definition) is 10. The summed E-state index contributed by atoms with van der Waals surface area (Å²) in [4.78, 5) is 29.7. The van der Waals surface area contributed by atoms with Crippen molar-refractivity contribution in [3.63, 3.8) is 0 Å². The van der Waals surface area contributed by atoms with Crippen molar-refractivity contribution in [2.45, 2.75) is 18.1 Å². The summed E-state index contributed by atoms with van der Waals surface area (Å²) >= 11 is 0. The second-order valence-corrected chi connectivity index (χ2v) is 6.05. The second-order valence-electron chi connectivity index (χ2n) is 6.05. The number of nitrogens with zero attached hydrogens (tertiary/aromatic N) is 2. The predicted octanol–water partition coefficient (Wildman–Crippen LogP) is 0.814. The fourth-order valence-corrected chi connectivity index (χ4v) is 3.27. The summed E-state index contributed by atoms with van der Waals surface area (Å²) in [6.45, 7) is 0. The largest absolute Gasteiger partial charge is 0.496 e. The number of benzene rings is 1. The van der Waals surface area contributed by atoms with Crippen LogP contribution in [0, 0.1) is 17.2 Å². The van der Waals surface area contributed by atoms with Crippen LogP contribution in [-0.2, 0) is 23.9 Å². The third kappa shape index (κ3) is 2.76. The van der Waals surface area contributed by atoms with E-state index in [4.69, 9.17) is 23.8 Å². The van der Waals surface area contributed by atoms with Crippen molar-refractivity contribution >= 4 is 17.7 Å². The molecule has 0 radical (unpaired) electrons. The highest BCUT2D eigenvalue weighted by Gasteiger charge is 2.64. The Balaban J connectivity index is 2.06. The van der Waals surface area contributed by atoms with Crippen LogP contribution in [0.5, 0.6) is 17.2 Å². The van der Waals surface area contributed by atoms with Crippen LogP contribution in [0.15, 0.2) is 17.3 Å². The van der Waals surface area contributed by atoms with Crippen molar-refractivity contribution in [2.24, 2.45) is 11.1 Å². The summed E-state index contributed by atoms with van der Waals surface area (Å²) in [5.41, 5.74) is -1.29. The Morgan fingerprint density at radius 1 is 1.21 bits per heavy atom. The van der Waals surface area contributed by atoms with Gasteiger partial charge >= 0.3 is 11.9 Å². The molecule has 0 amide bonds. The number of oxime groups is 1. The Kier molecular flexibility index (Phi) is 5.00. The average Bonchev–Trinajstić information content (AvgIpc) is 3.26. The van der Waals surface area contributed by atoms with E-state index >= 15 is 0 Å². The topological polar surface area (TPSA) is 126 Å². The van der Waals surface area contributed by atoms with Gasteiger partial charge in [-0.15, -0.1) is 0 Å². The summed E-state index contributed by atoms with van der Waals surface area (Å²) in [5.74, 6) is -1.67. The highest BCUT2D eigenvalue weighted by Crippen LogP contribution is 2.46. The summed E-state index contributed by atoms with van der Waals surface area (Å²) in [5, 5.41) is 13.8. The van der Waals surface area contributed by atoms with E-state index in [1.165, 1.54) is 28.4 Å². The van der Waals surface area contributed by atoms with Crippen molar-refractivity contribution in [2.75, 3.05) is 28.4 Å². The molecular formula is C18H18N2O8. The second kappa shape index (κ2) is 7.26. The fourth-order valence-electron chi connectivity index (χ4n) is 3.27. The van der Waals surface area contributed by atoms with Crippen LogP contribution >= 0.6 is 0 Å². The van der Waals surface area contributed by atoms with E-state index in [0.717, 1.165) is 0 Å². The molecule has 1 fully saturated rings. The number of methoxy groups -OCH3 is 4. The first kappa shape index (κ1) is 19.3. The average molecular weight is 390 g/mol. The molecule has 2 aliphatic heterocycles. The van der Waals surface area contributed by atoms with E-state index in [1.54, 1.807) is 12.1 Å². The molecule has 2 heterocycles. The molecule has 1 aromatic rings. The zero-order chi connectivity index (χ0) is 20.5. The monoisotopic (exact) mass is 390 g/mol. The molecule has 0 N–H and O–H groups in total. The van der Waals surface area contributed by atoms with Crippen LogP contribution in [0.2, 0.25) is 0 Å². The third-order valence-electron chi connectivity index (χ3n) is 4.69. The lowest BCUT2D eigenvalue weighted by molar-refractivity contribution is -0.165. The Labute approximate surface area is 160 Å². The van der Waals surface area contributed by atoms with Gasteiger partial charge in [-0.05, 0) is 0 Å². The molecule has 0 aromatic heterocycles. The van der Waals surface area contributed by atoms with E-state index in [2.05, 4.69) is 9.89 Å². The quantitative estimate of drug-likeness (QED) is 0.671. The van der Waals surface area contributed by atoms with Crippen molar-refractivity contribution < 1.29 is 38.1 Å². The Morgan fingerprint density at radius 3 is 2.36 bits per heavy atom. The zero-order valence-electron chi connectivity index (χ0n) is 15.7. The van der Waals surface area contributed by atoms with Gasteiger partial charge in [-0.2, -0.15) is 5.26 Å². The van der Waals surface area contributed by atoms with Gasteiger partial charge in [-0.1, -0.05) is 5.16 Å². The molecule has 2 aliphatic rings. The Bertz CT molecular complexity index is 865. The highest BCUT2D eigenvalue weighted by molar-refractivity contribution is 6.12. The molecule has 3 atom stereocenters. The number of cyclic esters (lactones) is 1. The highest BCUT2D eigenvalue weighted by atomic mass is 16.7. The van der Waals surface area contributed by atoms with Gasteiger partial charge in [-0.3, -0.25) is 0 Å². The standard InChI is InChI=1S/C18H18N2O8/c1-23-9-5-11(24-2)14(12(6-9)25-3)15-10(8-19)18(28-20-15)7-13(16(21)26-4)27-17(18)22/h5-6,10,13H,7H2,1-4H3/t10-,13-,18-/m1/s1. The SMILES string of the molecule is COC(=O)[C@H]1C[C@]2(ON=C(c3c(OC)cc(OC)cc3OC)[C@H]2C#N)C(=O)O1. The van der Waals surface area contributed by atoms with Crippen LogP contribution in [0.3, 0.4) is 0 Å².